The van der Waals surface area contributed by atoms with E-state index in [0.29, 0.717) is 6.42 Å². The average molecular weight is 306 g/mol. The maximum absolute atomic E-state index is 11.7. The lowest BCUT2D eigenvalue weighted by Gasteiger charge is -2.42. The van der Waals surface area contributed by atoms with Gasteiger partial charge in [0, 0.05) is 6.42 Å². The van der Waals surface area contributed by atoms with Gasteiger partial charge in [-0.2, -0.15) is 8.42 Å². The van der Waals surface area contributed by atoms with E-state index in [1.165, 1.54) is 0 Å². The summed E-state index contributed by atoms with van der Waals surface area (Å²) < 4.78 is 29.7. The van der Waals surface area contributed by atoms with Crippen LogP contribution >= 0.6 is 0 Å². The quantitative estimate of drug-likeness (QED) is 0.459. The van der Waals surface area contributed by atoms with Gasteiger partial charge in [0.25, 0.3) is 10.1 Å². The van der Waals surface area contributed by atoms with Gasteiger partial charge in [0.15, 0.2) is 0 Å². The lowest BCUT2D eigenvalue weighted by molar-refractivity contribution is -0.967. The Kier molecular flexibility index (Phi) is 7.48. The van der Waals surface area contributed by atoms with Crippen molar-refractivity contribution in [1.29, 1.82) is 0 Å². The van der Waals surface area contributed by atoms with Crippen molar-refractivity contribution in [2.24, 2.45) is 0 Å². The van der Waals surface area contributed by atoms with Crippen molar-refractivity contribution in [2.75, 3.05) is 25.4 Å². The van der Waals surface area contributed by atoms with Crippen LogP contribution < -0.4 is 0 Å². The van der Waals surface area contributed by atoms with Crippen molar-refractivity contribution in [2.45, 2.75) is 71.9 Å². The van der Waals surface area contributed by atoms with E-state index in [2.05, 4.69) is 20.8 Å². The highest BCUT2D eigenvalue weighted by Gasteiger charge is 2.44. The van der Waals surface area contributed by atoms with Crippen molar-refractivity contribution >= 4 is 10.1 Å². The second-order valence-electron chi connectivity index (χ2n) is 6.05. The Bertz CT molecular complexity index is 346. The van der Waals surface area contributed by atoms with Gasteiger partial charge < -0.3 is 0 Å². The molecule has 0 aromatic heterocycles. The highest BCUT2D eigenvalue weighted by molar-refractivity contribution is 7.86. The predicted molar refractivity (Wildman–Crippen MR) is 82.9 cm³/mol. The van der Waals surface area contributed by atoms with E-state index < -0.39 is 10.1 Å². The van der Waals surface area contributed by atoms with Crippen LogP contribution in [0.2, 0.25) is 0 Å². The zero-order valence-electron chi connectivity index (χ0n) is 13.4. The van der Waals surface area contributed by atoms with E-state index in [-0.39, 0.29) is 12.0 Å². The van der Waals surface area contributed by atoms with Crippen molar-refractivity contribution in [3.05, 3.63) is 0 Å². The standard InChI is InChI=1S/C15H32NO3S/c1-4-7-11-16(12-8-5-2,13-9-6-3)15-10-14-20(17,18)19-15/h15H,4-14H2,1-3H3/q+1. The molecule has 20 heavy (non-hydrogen) atoms. The molecule has 0 spiro atoms. The van der Waals surface area contributed by atoms with Crippen LogP contribution in [0.5, 0.6) is 0 Å². The molecule has 0 bridgehead atoms. The van der Waals surface area contributed by atoms with E-state index in [9.17, 15) is 8.42 Å². The summed E-state index contributed by atoms with van der Waals surface area (Å²) in [6.45, 7) is 9.74. The molecule has 1 fully saturated rings. The molecule has 0 amide bonds. The van der Waals surface area contributed by atoms with Crippen LogP contribution in [0.4, 0.5) is 0 Å². The minimum absolute atomic E-state index is 0.135. The summed E-state index contributed by atoms with van der Waals surface area (Å²) in [5.74, 6) is 0.196. The second-order valence-corrected chi connectivity index (χ2v) is 7.77. The van der Waals surface area contributed by atoms with Gasteiger partial charge >= 0.3 is 0 Å². The fraction of sp³-hybridized carbons (Fsp3) is 1.00. The van der Waals surface area contributed by atoms with Gasteiger partial charge in [-0.1, -0.05) is 40.0 Å². The summed E-state index contributed by atoms with van der Waals surface area (Å²) >= 11 is 0. The van der Waals surface area contributed by atoms with E-state index >= 15 is 0 Å². The summed E-state index contributed by atoms with van der Waals surface area (Å²) in [7, 11) is -3.27. The molecule has 0 saturated carbocycles. The number of quaternary nitrogens is 1. The number of rotatable bonds is 10. The molecule has 1 atom stereocenters. The van der Waals surface area contributed by atoms with Crippen LogP contribution in [0.15, 0.2) is 0 Å². The Balaban J connectivity index is 2.87. The maximum Gasteiger partial charge on any atom is 0.272 e. The van der Waals surface area contributed by atoms with Crippen LogP contribution in [0.3, 0.4) is 0 Å². The van der Waals surface area contributed by atoms with E-state index in [1.54, 1.807) is 0 Å². The molecule has 0 N–H and O–H groups in total. The fourth-order valence-electron chi connectivity index (χ4n) is 3.06. The lowest BCUT2D eigenvalue weighted by atomic mass is 10.1. The molecule has 0 aromatic rings. The molecule has 1 saturated heterocycles. The Morgan fingerprint density at radius 2 is 1.40 bits per heavy atom. The predicted octanol–water partition coefficient (Wildman–Crippen LogP) is 3.28. The van der Waals surface area contributed by atoms with Crippen LogP contribution in [0, 0.1) is 0 Å². The third-order valence-corrected chi connectivity index (χ3v) is 5.61. The van der Waals surface area contributed by atoms with Crippen molar-refractivity contribution < 1.29 is 17.1 Å². The number of hydrogen-bond donors (Lipinski definition) is 0. The van der Waals surface area contributed by atoms with Gasteiger partial charge in [0.05, 0.1) is 25.4 Å². The fourth-order valence-corrected chi connectivity index (χ4v) is 4.27. The molecule has 0 aliphatic carbocycles. The van der Waals surface area contributed by atoms with Gasteiger partial charge in [-0.15, -0.1) is 0 Å². The Hall–Kier alpha value is -0.130. The maximum atomic E-state index is 11.7. The minimum Gasteiger partial charge on any atom is -0.298 e. The van der Waals surface area contributed by atoms with Gasteiger partial charge in [-0.05, 0) is 19.3 Å². The largest absolute Gasteiger partial charge is 0.298 e. The number of hydrogen-bond acceptors (Lipinski definition) is 3. The van der Waals surface area contributed by atoms with Crippen molar-refractivity contribution in [3.8, 4) is 0 Å². The number of unbranched alkanes of at least 4 members (excludes halogenated alkanes) is 3. The Morgan fingerprint density at radius 3 is 1.70 bits per heavy atom. The first kappa shape index (κ1) is 17.9. The molecule has 1 aliphatic heterocycles. The molecule has 5 heteroatoms. The summed E-state index contributed by atoms with van der Waals surface area (Å²) in [6.07, 6.45) is 7.42. The summed E-state index contributed by atoms with van der Waals surface area (Å²) in [6, 6.07) is 0. The Morgan fingerprint density at radius 1 is 0.950 bits per heavy atom. The highest BCUT2D eigenvalue weighted by Crippen LogP contribution is 2.29. The topological polar surface area (TPSA) is 43.4 Å². The van der Waals surface area contributed by atoms with Gasteiger partial charge in [0.1, 0.15) is 0 Å². The molecule has 1 heterocycles. The summed E-state index contributed by atoms with van der Waals surface area (Å²) in [5.41, 5.74) is 0. The van der Waals surface area contributed by atoms with Crippen molar-refractivity contribution in [3.63, 3.8) is 0 Å². The van der Waals surface area contributed by atoms with Crippen LogP contribution in [0.1, 0.15) is 65.7 Å². The molecule has 0 aromatic carbocycles. The molecule has 1 rings (SSSR count). The third-order valence-electron chi connectivity index (χ3n) is 4.35. The van der Waals surface area contributed by atoms with Gasteiger partial charge in [-0.3, -0.25) is 4.48 Å². The van der Waals surface area contributed by atoms with Crippen molar-refractivity contribution in [1.82, 2.24) is 0 Å². The van der Waals surface area contributed by atoms with E-state index in [4.69, 9.17) is 4.18 Å². The normalized spacial score (nSPS) is 22.2. The van der Waals surface area contributed by atoms with Gasteiger partial charge in [-0.25, -0.2) is 4.18 Å². The van der Waals surface area contributed by atoms with Crippen LogP contribution in [-0.4, -0.2) is 44.5 Å². The molecule has 1 unspecified atom stereocenters. The second kappa shape index (κ2) is 8.35. The van der Waals surface area contributed by atoms with Crippen LogP contribution in [0.25, 0.3) is 0 Å². The highest BCUT2D eigenvalue weighted by atomic mass is 32.2. The molecule has 0 radical (unpaired) electrons. The first-order chi connectivity index (χ1) is 9.49. The lowest BCUT2D eigenvalue weighted by Crippen LogP contribution is -2.57. The third kappa shape index (κ3) is 5.01. The Labute approximate surface area is 125 Å². The zero-order valence-corrected chi connectivity index (χ0v) is 14.3. The smallest absolute Gasteiger partial charge is 0.272 e. The van der Waals surface area contributed by atoms with Gasteiger partial charge in [0.2, 0.25) is 6.23 Å². The number of nitrogens with zero attached hydrogens (tertiary/aromatic N) is 1. The molecule has 120 valence electrons. The van der Waals surface area contributed by atoms with E-state index in [1.807, 2.05) is 0 Å². The molecule has 4 nitrogen and oxygen atoms in total. The summed E-state index contributed by atoms with van der Waals surface area (Å²) in [5, 5.41) is 0. The molecule has 1 aliphatic rings. The SMILES string of the molecule is CCCC[N+](CCCC)(CCCC)C1CCS(=O)(=O)O1. The van der Waals surface area contributed by atoms with E-state index in [0.717, 1.165) is 62.6 Å². The molecular weight excluding hydrogens is 274 g/mol. The van der Waals surface area contributed by atoms with Crippen LogP contribution in [-0.2, 0) is 14.3 Å². The zero-order chi connectivity index (χ0) is 15.1. The molecular formula is C15H32NO3S+. The monoisotopic (exact) mass is 306 g/mol. The first-order valence-corrected chi connectivity index (χ1v) is 9.84. The first-order valence-electron chi connectivity index (χ1n) is 8.26. The summed E-state index contributed by atoms with van der Waals surface area (Å²) in [4.78, 5) is 0. The average Bonchev–Trinajstić information content (AvgIpc) is 2.79. The minimum atomic E-state index is -3.27.